The quantitative estimate of drug-likeness (QED) is 0.749. The van der Waals surface area contributed by atoms with Crippen LogP contribution in [-0.2, 0) is 0 Å². The first kappa shape index (κ1) is 12.1. The van der Waals surface area contributed by atoms with E-state index < -0.39 is 0 Å². The van der Waals surface area contributed by atoms with Crippen LogP contribution in [0.15, 0.2) is 12.4 Å². The Kier molecular flexibility index (Phi) is 4.68. The molecule has 0 unspecified atom stereocenters. The smallest absolute Gasteiger partial charge is 0.134 e. The van der Waals surface area contributed by atoms with Crippen molar-refractivity contribution in [3.8, 4) is 0 Å². The second-order valence-corrected chi connectivity index (χ2v) is 4.06. The standard InChI is InChI=1S/C10H18N4S/c1-8(2)14(3)10-6-9(11-4-5-15)12-7-13-10/h6-8,15H,4-5H2,1-3H3,(H,11,12,13). The minimum Gasteiger partial charge on any atom is -0.369 e. The van der Waals surface area contributed by atoms with E-state index in [1.165, 1.54) is 0 Å². The lowest BCUT2D eigenvalue weighted by Gasteiger charge is -2.22. The molecule has 0 amide bonds. The molecule has 1 aromatic rings. The molecule has 0 radical (unpaired) electrons. The zero-order valence-electron chi connectivity index (χ0n) is 9.44. The van der Waals surface area contributed by atoms with Crippen molar-refractivity contribution in [3.05, 3.63) is 12.4 Å². The first-order valence-electron chi connectivity index (χ1n) is 5.04. The van der Waals surface area contributed by atoms with E-state index in [2.05, 4.69) is 46.7 Å². The number of hydrogen-bond acceptors (Lipinski definition) is 5. The Hall–Kier alpha value is -0.970. The molecule has 0 aromatic carbocycles. The Morgan fingerprint density at radius 2 is 2.20 bits per heavy atom. The van der Waals surface area contributed by atoms with Gasteiger partial charge in [0.25, 0.3) is 0 Å². The molecule has 0 fully saturated rings. The molecule has 1 N–H and O–H groups in total. The van der Waals surface area contributed by atoms with Gasteiger partial charge < -0.3 is 10.2 Å². The van der Waals surface area contributed by atoms with E-state index in [4.69, 9.17) is 0 Å². The minimum absolute atomic E-state index is 0.428. The van der Waals surface area contributed by atoms with Crippen LogP contribution in [0, 0.1) is 0 Å². The third kappa shape index (κ3) is 3.58. The number of nitrogens with one attached hydrogen (secondary N) is 1. The van der Waals surface area contributed by atoms with E-state index in [0.29, 0.717) is 6.04 Å². The van der Waals surface area contributed by atoms with Crippen LogP contribution >= 0.6 is 12.6 Å². The summed E-state index contributed by atoms with van der Waals surface area (Å²) >= 11 is 4.13. The second kappa shape index (κ2) is 5.80. The third-order valence-corrected chi connectivity index (χ3v) is 2.43. The molecule has 5 heteroatoms. The second-order valence-electron chi connectivity index (χ2n) is 3.62. The molecule has 0 spiro atoms. The van der Waals surface area contributed by atoms with E-state index in [9.17, 15) is 0 Å². The highest BCUT2D eigenvalue weighted by molar-refractivity contribution is 7.80. The van der Waals surface area contributed by atoms with Crippen molar-refractivity contribution in [1.82, 2.24) is 9.97 Å². The predicted molar refractivity (Wildman–Crippen MR) is 67.9 cm³/mol. The van der Waals surface area contributed by atoms with Crippen LogP contribution in [0.2, 0.25) is 0 Å². The fourth-order valence-electron chi connectivity index (χ4n) is 1.09. The van der Waals surface area contributed by atoms with Crippen LogP contribution in [0.1, 0.15) is 13.8 Å². The van der Waals surface area contributed by atoms with Gasteiger partial charge in [0.2, 0.25) is 0 Å². The van der Waals surface area contributed by atoms with Gasteiger partial charge in [0.15, 0.2) is 0 Å². The first-order chi connectivity index (χ1) is 7.15. The van der Waals surface area contributed by atoms with Crippen LogP contribution in [0.5, 0.6) is 0 Å². The van der Waals surface area contributed by atoms with Gasteiger partial charge in [-0.15, -0.1) is 0 Å². The first-order valence-corrected chi connectivity index (χ1v) is 5.68. The van der Waals surface area contributed by atoms with Gasteiger partial charge in [-0.3, -0.25) is 0 Å². The number of rotatable bonds is 5. The lowest BCUT2D eigenvalue weighted by atomic mass is 10.3. The fourth-order valence-corrected chi connectivity index (χ4v) is 1.20. The Morgan fingerprint density at radius 3 is 2.80 bits per heavy atom. The summed E-state index contributed by atoms with van der Waals surface area (Å²) in [4.78, 5) is 10.5. The molecule has 1 rings (SSSR count). The summed E-state index contributed by atoms with van der Waals surface area (Å²) < 4.78 is 0. The number of anilines is 2. The van der Waals surface area contributed by atoms with Crippen LogP contribution < -0.4 is 10.2 Å². The van der Waals surface area contributed by atoms with Gasteiger partial charge in [-0.05, 0) is 13.8 Å². The molecule has 84 valence electrons. The average molecular weight is 226 g/mol. The highest BCUT2D eigenvalue weighted by atomic mass is 32.1. The lowest BCUT2D eigenvalue weighted by Crippen LogP contribution is -2.26. The number of aromatic nitrogens is 2. The topological polar surface area (TPSA) is 41.0 Å². The molecule has 0 bridgehead atoms. The summed E-state index contributed by atoms with van der Waals surface area (Å²) in [5.41, 5.74) is 0. The van der Waals surface area contributed by atoms with Gasteiger partial charge >= 0.3 is 0 Å². The Labute approximate surface area is 96.5 Å². The predicted octanol–water partition coefficient (Wildman–Crippen LogP) is 1.66. The van der Waals surface area contributed by atoms with Crippen LogP contribution in [-0.4, -0.2) is 35.4 Å². The summed E-state index contributed by atoms with van der Waals surface area (Å²) in [6.07, 6.45) is 1.58. The van der Waals surface area contributed by atoms with Gasteiger partial charge in [-0.2, -0.15) is 12.6 Å². The monoisotopic (exact) mass is 226 g/mol. The van der Waals surface area contributed by atoms with E-state index in [1.54, 1.807) is 6.33 Å². The van der Waals surface area contributed by atoms with E-state index in [-0.39, 0.29) is 0 Å². The maximum Gasteiger partial charge on any atom is 0.134 e. The number of hydrogen-bond donors (Lipinski definition) is 2. The van der Waals surface area contributed by atoms with E-state index in [0.717, 1.165) is 23.9 Å². The van der Waals surface area contributed by atoms with Crippen molar-refractivity contribution in [3.63, 3.8) is 0 Å². The molecule has 0 aliphatic rings. The number of nitrogens with zero attached hydrogens (tertiary/aromatic N) is 3. The van der Waals surface area contributed by atoms with Crippen LogP contribution in [0.4, 0.5) is 11.6 Å². The molecule has 0 aliphatic carbocycles. The van der Waals surface area contributed by atoms with Crippen molar-refractivity contribution in [2.24, 2.45) is 0 Å². The van der Waals surface area contributed by atoms with Crippen molar-refractivity contribution < 1.29 is 0 Å². The van der Waals surface area contributed by atoms with Gasteiger partial charge in [0.1, 0.15) is 18.0 Å². The molecular formula is C10H18N4S. The average Bonchev–Trinajstić information content (AvgIpc) is 2.25. The SMILES string of the molecule is CC(C)N(C)c1cc(NCCS)ncn1. The molecule has 0 aliphatic heterocycles. The third-order valence-electron chi connectivity index (χ3n) is 2.21. The largest absolute Gasteiger partial charge is 0.369 e. The molecule has 0 atom stereocenters. The highest BCUT2D eigenvalue weighted by Gasteiger charge is 2.06. The Bertz CT molecular complexity index is 303. The number of thiol groups is 1. The van der Waals surface area contributed by atoms with E-state index in [1.807, 2.05) is 13.1 Å². The van der Waals surface area contributed by atoms with E-state index >= 15 is 0 Å². The van der Waals surface area contributed by atoms with Crippen molar-refractivity contribution in [1.29, 1.82) is 0 Å². The summed E-state index contributed by atoms with van der Waals surface area (Å²) in [6, 6.07) is 2.38. The van der Waals surface area contributed by atoms with Crippen molar-refractivity contribution in [2.45, 2.75) is 19.9 Å². The summed E-state index contributed by atoms with van der Waals surface area (Å²) in [6.45, 7) is 5.07. The normalized spacial score (nSPS) is 10.5. The summed E-state index contributed by atoms with van der Waals surface area (Å²) in [5, 5.41) is 3.17. The highest BCUT2D eigenvalue weighted by Crippen LogP contribution is 2.14. The Balaban J connectivity index is 2.73. The lowest BCUT2D eigenvalue weighted by molar-refractivity contribution is 0.741. The molecule has 0 saturated heterocycles. The molecule has 15 heavy (non-hydrogen) atoms. The van der Waals surface area contributed by atoms with Gasteiger partial charge in [-0.1, -0.05) is 0 Å². The molecule has 4 nitrogen and oxygen atoms in total. The van der Waals surface area contributed by atoms with Gasteiger partial charge in [-0.25, -0.2) is 9.97 Å². The summed E-state index contributed by atoms with van der Waals surface area (Å²) in [7, 11) is 2.02. The van der Waals surface area contributed by atoms with Crippen LogP contribution in [0.3, 0.4) is 0 Å². The zero-order chi connectivity index (χ0) is 11.3. The maximum absolute atomic E-state index is 4.22. The zero-order valence-corrected chi connectivity index (χ0v) is 10.3. The molecule has 0 saturated carbocycles. The summed E-state index contributed by atoms with van der Waals surface area (Å²) in [5.74, 6) is 2.57. The molecule has 1 aromatic heterocycles. The van der Waals surface area contributed by atoms with Crippen molar-refractivity contribution >= 4 is 24.3 Å². The van der Waals surface area contributed by atoms with Gasteiger partial charge in [0.05, 0.1) is 0 Å². The van der Waals surface area contributed by atoms with Crippen molar-refractivity contribution in [2.75, 3.05) is 29.6 Å². The fraction of sp³-hybridized carbons (Fsp3) is 0.600. The minimum atomic E-state index is 0.428. The molecular weight excluding hydrogens is 208 g/mol. The Morgan fingerprint density at radius 1 is 1.47 bits per heavy atom. The van der Waals surface area contributed by atoms with Gasteiger partial charge in [0, 0.05) is 31.5 Å². The van der Waals surface area contributed by atoms with Crippen LogP contribution in [0.25, 0.3) is 0 Å². The molecule has 1 heterocycles. The maximum atomic E-state index is 4.22.